The van der Waals surface area contributed by atoms with E-state index in [0.29, 0.717) is 30.7 Å². The van der Waals surface area contributed by atoms with E-state index in [2.05, 4.69) is 45.8 Å². The Bertz CT molecular complexity index is 809. The van der Waals surface area contributed by atoms with E-state index in [4.69, 9.17) is 9.63 Å². The van der Waals surface area contributed by atoms with Crippen LogP contribution in [0.5, 0.6) is 0 Å². The Morgan fingerprint density at radius 1 is 1.23 bits per heavy atom. The molecule has 3 saturated carbocycles. The second kappa shape index (κ2) is 5.91. The zero-order chi connectivity index (χ0) is 17.7. The predicted octanol–water partition coefficient (Wildman–Crippen LogP) is 2.83. The van der Waals surface area contributed by atoms with Crippen molar-refractivity contribution in [3.8, 4) is 0 Å². The Hall–Kier alpha value is -2.21. The van der Waals surface area contributed by atoms with Crippen LogP contribution in [0.3, 0.4) is 0 Å². The minimum atomic E-state index is -0.721. The van der Waals surface area contributed by atoms with Crippen LogP contribution >= 0.6 is 0 Å². The van der Waals surface area contributed by atoms with Gasteiger partial charge in [-0.25, -0.2) is 0 Å². The van der Waals surface area contributed by atoms with Gasteiger partial charge >= 0.3 is 5.97 Å². The van der Waals surface area contributed by atoms with Crippen LogP contribution < -0.4 is 5.32 Å². The summed E-state index contributed by atoms with van der Waals surface area (Å²) < 4.78 is 5.45. The fourth-order valence-electron chi connectivity index (χ4n) is 4.08. The number of aromatic nitrogens is 2. The highest BCUT2D eigenvalue weighted by atomic mass is 16.5. The quantitative estimate of drug-likeness (QED) is 0.796. The molecule has 6 nitrogen and oxygen atoms in total. The number of carboxylic acids is 1. The van der Waals surface area contributed by atoms with Crippen molar-refractivity contribution in [1.82, 2.24) is 15.5 Å². The molecule has 1 heterocycles. The molecule has 0 saturated heterocycles. The Balaban J connectivity index is 1.17. The maximum absolute atomic E-state index is 10.9. The molecule has 6 heteroatoms. The Kier molecular flexibility index (Phi) is 3.64. The van der Waals surface area contributed by atoms with Gasteiger partial charge in [-0.3, -0.25) is 4.79 Å². The average molecular weight is 353 g/mol. The third-order valence-electron chi connectivity index (χ3n) is 6.33. The summed E-state index contributed by atoms with van der Waals surface area (Å²) >= 11 is 0. The number of nitrogens with one attached hydrogen (secondary N) is 1. The van der Waals surface area contributed by atoms with Gasteiger partial charge in [-0.15, -0.1) is 0 Å². The maximum atomic E-state index is 10.9. The number of aliphatic carboxylic acids is 1. The molecule has 0 amide bonds. The third kappa shape index (κ3) is 2.82. The number of nitrogens with zero attached hydrogens (tertiary/aromatic N) is 2. The van der Waals surface area contributed by atoms with Crippen LogP contribution in [0.4, 0.5) is 0 Å². The van der Waals surface area contributed by atoms with Gasteiger partial charge in [-0.1, -0.05) is 35.5 Å². The molecule has 3 aliphatic rings. The molecule has 1 unspecified atom stereocenters. The highest BCUT2D eigenvalue weighted by Gasteiger charge is 2.51. The number of hydrogen-bond donors (Lipinski definition) is 2. The lowest BCUT2D eigenvalue weighted by Gasteiger charge is -2.28. The van der Waals surface area contributed by atoms with E-state index in [1.807, 2.05) is 0 Å². The van der Waals surface area contributed by atoms with Gasteiger partial charge in [0.25, 0.3) is 0 Å². The van der Waals surface area contributed by atoms with Gasteiger partial charge in [0.15, 0.2) is 5.82 Å². The summed E-state index contributed by atoms with van der Waals surface area (Å²) in [6, 6.07) is 11.2. The molecule has 3 aliphatic carbocycles. The highest BCUT2D eigenvalue weighted by Crippen LogP contribution is 2.49. The van der Waals surface area contributed by atoms with E-state index < -0.39 is 5.97 Å². The molecular weight excluding hydrogens is 330 g/mol. The third-order valence-corrected chi connectivity index (χ3v) is 6.33. The van der Waals surface area contributed by atoms with Crippen molar-refractivity contribution in [3.63, 3.8) is 0 Å². The Morgan fingerprint density at radius 2 is 2.00 bits per heavy atom. The van der Waals surface area contributed by atoms with E-state index in [1.54, 1.807) is 0 Å². The average Bonchev–Trinajstić information content (AvgIpc) is 3.50. The van der Waals surface area contributed by atoms with Crippen LogP contribution in [0.15, 0.2) is 34.9 Å². The molecule has 0 spiro atoms. The maximum Gasteiger partial charge on any atom is 0.306 e. The summed E-state index contributed by atoms with van der Waals surface area (Å²) in [7, 11) is 0. The molecule has 1 aromatic heterocycles. The van der Waals surface area contributed by atoms with Gasteiger partial charge in [0.05, 0.1) is 5.92 Å². The van der Waals surface area contributed by atoms with Crippen molar-refractivity contribution in [1.29, 1.82) is 0 Å². The fraction of sp³-hybridized carbons (Fsp3) is 0.550. The second-order valence-corrected chi connectivity index (χ2v) is 8.18. The molecule has 1 aromatic carbocycles. The lowest BCUT2D eigenvalue weighted by Crippen LogP contribution is -2.30. The minimum absolute atomic E-state index is 0.0154. The number of hydrogen-bond acceptors (Lipinski definition) is 5. The second-order valence-electron chi connectivity index (χ2n) is 8.18. The van der Waals surface area contributed by atoms with Gasteiger partial charge in [0.1, 0.15) is 0 Å². The molecule has 26 heavy (non-hydrogen) atoms. The molecule has 3 fully saturated rings. The highest BCUT2D eigenvalue weighted by molar-refractivity contribution is 5.71. The Labute approximate surface area is 152 Å². The first-order valence-electron chi connectivity index (χ1n) is 9.50. The molecular formula is C20H23N3O3. The summed E-state index contributed by atoms with van der Waals surface area (Å²) in [5, 5.41) is 16.9. The summed E-state index contributed by atoms with van der Waals surface area (Å²) in [5.41, 5.74) is 1.43. The lowest BCUT2D eigenvalue weighted by atomic mass is 9.75. The van der Waals surface area contributed by atoms with Crippen LogP contribution in [-0.2, 0) is 10.2 Å². The van der Waals surface area contributed by atoms with Gasteiger partial charge in [0.2, 0.25) is 5.89 Å². The van der Waals surface area contributed by atoms with E-state index >= 15 is 0 Å². The number of carboxylic acid groups (broad SMARTS) is 1. The molecule has 2 aromatic rings. The minimum Gasteiger partial charge on any atom is -0.481 e. The van der Waals surface area contributed by atoms with E-state index in [0.717, 1.165) is 25.2 Å². The molecule has 0 radical (unpaired) electrons. The van der Waals surface area contributed by atoms with E-state index in [9.17, 15) is 4.79 Å². The van der Waals surface area contributed by atoms with Crippen LogP contribution in [-0.4, -0.2) is 33.8 Å². The smallest absolute Gasteiger partial charge is 0.306 e. The normalized spacial score (nSPS) is 31.2. The van der Waals surface area contributed by atoms with Crippen LogP contribution in [0.2, 0.25) is 0 Å². The van der Waals surface area contributed by atoms with Crippen molar-refractivity contribution in [3.05, 3.63) is 47.6 Å². The van der Waals surface area contributed by atoms with Gasteiger partial charge < -0.3 is 14.9 Å². The summed E-state index contributed by atoms with van der Waals surface area (Å²) in [5.74, 6) is 1.19. The van der Waals surface area contributed by atoms with E-state index in [1.165, 1.54) is 12.0 Å². The molecule has 0 aliphatic heterocycles. The predicted molar refractivity (Wildman–Crippen MR) is 93.9 cm³/mol. The van der Waals surface area contributed by atoms with Crippen molar-refractivity contribution >= 4 is 5.97 Å². The van der Waals surface area contributed by atoms with Crippen molar-refractivity contribution in [2.45, 2.75) is 55.4 Å². The van der Waals surface area contributed by atoms with Crippen LogP contribution in [0.25, 0.3) is 0 Å². The zero-order valence-corrected chi connectivity index (χ0v) is 14.6. The van der Waals surface area contributed by atoms with Crippen molar-refractivity contribution < 1.29 is 14.4 Å². The fourth-order valence-corrected chi connectivity index (χ4v) is 4.08. The number of rotatable bonds is 7. The lowest BCUT2D eigenvalue weighted by molar-refractivity contribution is -0.145. The molecule has 5 rings (SSSR count). The largest absolute Gasteiger partial charge is 0.481 e. The first-order chi connectivity index (χ1) is 12.6. The van der Waals surface area contributed by atoms with E-state index in [-0.39, 0.29) is 17.3 Å². The summed E-state index contributed by atoms with van der Waals surface area (Å²) in [6.45, 7) is 0.891. The van der Waals surface area contributed by atoms with Crippen LogP contribution in [0.1, 0.15) is 61.2 Å². The topological polar surface area (TPSA) is 88.2 Å². The first-order valence-corrected chi connectivity index (χ1v) is 9.50. The SMILES string of the molecule is O=C(O)C1CC(c2nc(C3(CNC4C[C@@H]4c4ccccc4)CC3)no2)C1. The molecule has 2 N–H and O–H groups in total. The van der Waals surface area contributed by atoms with Gasteiger partial charge in [-0.05, 0) is 37.7 Å². The zero-order valence-electron chi connectivity index (χ0n) is 14.6. The molecule has 2 atom stereocenters. The summed E-state index contributed by atoms with van der Waals surface area (Å²) in [6.07, 6.45) is 4.59. The number of benzene rings is 1. The number of carbonyl (C=O) groups is 1. The Morgan fingerprint density at radius 3 is 2.69 bits per heavy atom. The molecule has 0 bridgehead atoms. The first kappa shape index (κ1) is 16.0. The standard InChI is InChI=1S/C20H23N3O3/c24-18(25)14-8-13(9-14)17-22-19(23-26-17)20(6-7-20)11-21-16-10-15(16)12-4-2-1-3-5-12/h1-5,13-16,21H,6-11H2,(H,24,25)/t13?,14?,15-,16?/m1/s1. The molecule has 136 valence electrons. The van der Waals surface area contributed by atoms with Crippen molar-refractivity contribution in [2.24, 2.45) is 5.92 Å². The van der Waals surface area contributed by atoms with Crippen LogP contribution in [0, 0.1) is 5.92 Å². The van der Waals surface area contributed by atoms with Gasteiger partial charge in [-0.2, -0.15) is 4.98 Å². The van der Waals surface area contributed by atoms with Crippen molar-refractivity contribution in [2.75, 3.05) is 6.54 Å². The summed E-state index contributed by atoms with van der Waals surface area (Å²) in [4.78, 5) is 15.6. The van der Waals surface area contributed by atoms with Gasteiger partial charge in [0, 0.05) is 29.8 Å². The monoisotopic (exact) mass is 353 g/mol.